The topological polar surface area (TPSA) is 38.9 Å². The summed E-state index contributed by atoms with van der Waals surface area (Å²) in [6, 6.07) is 6.26. The molecule has 0 saturated heterocycles. The lowest BCUT2D eigenvalue weighted by molar-refractivity contribution is 0.628. The molecule has 1 heterocycles. The van der Waals surface area contributed by atoms with Crippen molar-refractivity contribution in [1.29, 1.82) is 0 Å². The lowest BCUT2D eigenvalue weighted by Gasteiger charge is -2.00. The van der Waals surface area contributed by atoms with Gasteiger partial charge in [0.05, 0.1) is 0 Å². The van der Waals surface area contributed by atoms with Crippen LogP contribution in [0.15, 0.2) is 28.6 Å². The van der Waals surface area contributed by atoms with Crippen molar-refractivity contribution >= 4 is 28.1 Å². The number of nitrogens with two attached hydrogens (primary N) is 1. The van der Waals surface area contributed by atoms with Crippen LogP contribution in [0.1, 0.15) is 13.8 Å². The summed E-state index contributed by atoms with van der Waals surface area (Å²) < 4.78 is 13.8. The Labute approximate surface area is 114 Å². The maximum atomic E-state index is 12.9. The van der Waals surface area contributed by atoms with Crippen molar-refractivity contribution in [1.82, 2.24) is 4.98 Å². The van der Waals surface area contributed by atoms with E-state index in [2.05, 4.69) is 18.8 Å². The average Bonchev–Trinajstić information content (AvgIpc) is 2.69. The molecule has 2 rings (SSSR count). The first-order valence-corrected chi connectivity index (χ1v) is 7.51. The smallest absolute Gasteiger partial charge is 0.152 e. The number of benzene rings is 1. The molecular weight excluding hydrogens is 267 g/mol. The lowest BCUT2D eigenvalue weighted by Crippen LogP contribution is -1.89. The summed E-state index contributed by atoms with van der Waals surface area (Å²) in [6.07, 6.45) is 0. The molecule has 2 aromatic rings. The molecule has 2 N–H and O–H groups in total. The van der Waals surface area contributed by atoms with E-state index in [-0.39, 0.29) is 5.82 Å². The van der Waals surface area contributed by atoms with E-state index in [1.807, 2.05) is 0 Å². The minimum Gasteiger partial charge on any atom is -0.389 e. The second-order valence-electron chi connectivity index (χ2n) is 4.40. The highest BCUT2D eigenvalue weighted by atomic mass is 32.2. The van der Waals surface area contributed by atoms with E-state index in [4.69, 9.17) is 5.73 Å². The molecule has 0 spiro atoms. The second kappa shape index (κ2) is 5.71. The van der Waals surface area contributed by atoms with Crippen molar-refractivity contribution < 1.29 is 4.39 Å². The van der Waals surface area contributed by atoms with E-state index in [9.17, 15) is 4.39 Å². The minimum atomic E-state index is -0.248. The summed E-state index contributed by atoms with van der Waals surface area (Å²) in [4.78, 5) is 4.52. The van der Waals surface area contributed by atoms with Crippen molar-refractivity contribution in [2.75, 3.05) is 11.5 Å². The first kappa shape index (κ1) is 13.4. The predicted octanol–water partition coefficient (Wildman–Crippen LogP) is 4.28. The lowest BCUT2D eigenvalue weighted by atomic mass is 10.2. The first-order chi connectivity index (χ1) is 8.56. The Hall–Kier alpha value is -1.07. The maximum absolute atomic E-state index is 12.9. The van der Waals surface area contributed by atoms with Gasteiger partial charge in [0.15, 0.2) is 4.34 Å². The Kier molecular flexibility index (Phi) is 4.24. The first-order valence-electron chi connectivity index (χ1n) is 5.71. The van der Waals surface area contributed by atoms with Crippen LogP contribution in [0.4, 0.5) is 9.39 Å². The summed E-state index contributed by atoms with van der Waals surface area (Å²) >= 11 is 3.21. The molecule has 1 aromatic heterocycles. The molecule has 0 bridgehead atoms. The number of thioether (sulfide) groups is 1. The second-order valence-corrected chi connectivity index (χ2v) is 6.70. The summed E-state index contributed by atoms with van der Waals surface area (Å²) in [7, 11) is 0. The average molecular weight is 282 g/mol. The van der Waals surface area contributed by atoms with Crippen LogP contribution in [0, 0.1) is 11.7 Å². The highest BCUT2D eigenvalue weighted by molar-refractivity contribution is 8.01. The van der Waals surface area contributed by atoms with Crippen LogP contribution in [0.5, 0.6) is 0 Å². The largest absolute Gasteiger partial charge is 0.389 e. The van der Waals surface area contributed by atoms with Gasteiger partial charge in [-0.1, -0.05) is 36.9 Å². The summed E-state index contributed by atoms with van der Waals surface area (Å²) in [6.45, 7) is 4.34. The van der Waals surface area contributed by atoms with E-state index in [0.717, 1.165) is 21.3 Å². The van der Waals surface area contributed by atoms with Gasteiger partial charge in [0.25, 0.3) is 0 Å². The highest BCUT2D eigenvalue weighted by Gasteiger charge is 2.11. The van der Waals surface area contributed by atoms with Gasteiger partial charge >= 0.3 is 0 Å². The van der Waals surface area contributed by atoms with Crippen LogP contribution < -0.4 is 5.73 Å². The van der Waals surface area contributed by atoms with E-state index < -0.39 is 0 Å². The molecule has 2 nitrogen and oxygen atoms in total. The third-order valence-electron chi connectivity index (χ3n) is 2.29. The molecule has 96 valence electrons. The number of nitrogen functional groups attached to an aromatic ring is 1. The molecule has 0 atom stereocenters. The molecule has 0 aliphatic rings. The van der Waals surface area contributed by atoms with E-state index in [1.165, 1.54) is 23.5 Å². The minimum absolute atomic E-state index is 0.248. The van der Waals surface area contributed by atoms with Crippen LogP contribution in [-0.2, 0) is 0 Å². The molecular formula is C13H15FN2S2. The Morgan fingerprint density at radius 2 is 2.00 bits per heavy atom. The zero-order chi connectivity index (χ0) is 13.1. The third kappa shape index (κ3) is 3.23. The van der Waals surface area contributed by atoms with E-state index >= 15 is 0 Å². The third-order valence-corrected chi connectivity index (χ3v) is 4.75. The van der Waals surface area contributed by atoms with Crippen molar-refractivity contribution in [3.05, 3.63) is 30.1 Å². The Bertz CT molecular complexity index is 520. The number of halogens is 1. The maximum Gasteiger partial charge on any atom is 0.152 e. The van der Waals surface area contributed by atoms with Crippen molar-refractivity contribution in [3.63, 3.8) is 0 Å². The molecule has 0 saturated carbocycles. The zero-order valence-corrected chi connectivity index (χ0v) is 11.9. The van der Waals surface area contributed by atoms with Crippen LogP contribution in [0.25, 0.3) is 11.3 Å². The summed E-state index contributed by atoms with van der Waals surface area (Å²) in [5, 5.41) is 0.688. The van der Waals surface area contributed by atoms with Crippen LogP contribution >= 0.6 is 23.1 Å². The fourth-order valence-electron chi connectivity index (χ4n) is 1.43. The van der Waals surface area contributed by atoms with Gasteiger partial charge in [-0.25, -0.2) is 9.37 Å². The molecule has 5 heteroatoms. The molecule has 18 heavy (non-hydrogen) atoms. The van der Waals surface area contributed by atoms with Gasteiger partial charge < -0.3 is 5.73 Å². The Morgan fingerprint density at radius 1 is 1.33 bits per heavy atom. The summed E-state index contributed by atoms with van der Waals surface area (Å²) in [5.74, 6) is 1.40. The molecule has 0 radical (unpaired) electrons. The zero-order valence-electron chi connectivity index (χ0n) is 10.3. The fourth-order valence-corrected chi connectivity index (χ4v) is 3.35. The number of hydrogen-bond acceptors (Lipinski definition) is 4. The monoisotopic (exact) mass is 282 g/mol. The van der Waals surface area contributed by atoms with Crippen molar-refractivity contribution in [3.8, 4) is 11.3 Å². The molecule has 1 aromatic carbocycles. The van der Waals surface area contributed by atoms with Gasteiger partial charge in [-0.3, -0.25) is 0 Å². The van der Waals surface area contributed by atoms with Crippen molar-refractivity contribution in [2.45, 2.75) is 18.2 Å². The summed E-state index contributed by atoms with van der Waals surface area (Å²) in [5.41, 5.74) is 7.59. The Balaban J connectivity index is 2.21. The molecule has 0 aliphatic heterocycles. The Morgan fingerprint density at radius 3 is 2.61 bits per heavy atom. The van der Waals surface area contributed by atoms with Gasteiger partial charge in [0.1, 0.15) is 16.5 Å². The number of rotatable bonds is 4. The van der Waals surface area contributed by atoms with E-state index in [0.29, 0.717) is 10.9 Å². The van der Waals surface area contributed by atoms with Gasteiger partial charge in [-0.15, -0.1) is 0 Å². The number of nitrogens with zero attached hydrogens (tertiary/aromatic N) is 1. The normalized spacial score (nSPS) is 11.1. The highest BCUT2D eigenvalue weighted by Crippen LogP contribution is 2.35. The van der Waals surface area contributed by atoms with Crippen molar-refractivity contribution in [2.24, 2.45) is 5.92 Å². The predicted molar refractivity (Wildman–Crippen MR) is 77.5 cm³/mol. The molecule has 0 amide bonds. The fraction of sp³-hybridized carbons (Fsp3) is 0.308. The van der Waals surface area contributed by atoms with Crippen LogP contribution in [0.3, 0.4) is 0 Å². The number of hydrogen-bond donors (Lipinski definition) is 1. The quantitative estimate of drug-likeness (QED) is 0.851. The SMILES string of the molecule is CC(C)CSc1nc(-c2ccc(F)cc2)c(N)s1. The molecule has 0 fully saturated rings. The molecule has 0 aliphatic carbocycles. The standard InChI is InChI=1S/C13H15FN2S2/c1-8(2)7-17-13-16-11(12(15)18-13)9-3-5-10(14)6-4-9/h3-6,8H,7,15H2,1-2H3. The van der Waals surface area contributed by atoms with Crippen LogP contribution in [-0.4, -0.2) is 10.7 Å². The van der Waals surface area contributed by atoms with Crippen LogP contribution in [0.2, 0.25) is 0 Å². The van der Waals surface area contributed by atoms with E-state index in [1.54, 1.807) is 23.9 Å². The van der Waals surface area contributed by atoms with Gasteiger partial charge in [-0.2, -0.15) is 0 Å². The number of aromatic nitrogens is 1. The number of anilines is 1. The number of thiazole rings is 1. The van der Waals surface area contributed by atoms with Gasteiger partial charge in [0.2, 0.25) is 0 Å². The van der Waals surface area contributed by atoms with Gasteiger partial charge in [-0.05, 0) is 30.2 Å². The van der Waals surface area contributed by atoms with Gasteiger partial charge in [0, 0.05) is 11.3 Å². The molecule has 0 unspecified atom stereocenters.